The van der Waals surface area contributed by atoms with Gasteiger partial charge in [-0.1, -0.05) is 49.2 Å². The van der Waals surface area contributed by atoms with Crippen molar-refractivity contribution in [3.8, 4) is 0 Å². The second-order valence-corrected chi connectivity index (χ2v) is 5.66. The molecule has 0 radical (unpaired) electrons. The molecule has 3 nitrogen and oxygen atoms in total. The molecule has 0 saturated heterocycles. The van der Waals surface area contributed by atoms with Gasteiger partial charge < -0.3 is 5.32 Å². The van der Waals surface area contributed by atoms with Crippen LogP contribution in [0.5, 0.6) is 0 Å². The van der Waals surface area contributed by atoms with E-state index >= 15 is 0 Å². The normalized spacial score (nSPS) is 16.6. The van der Waals surface area contributed by atoms with Crippen LogP contribution in [0.1, 0.15) is 36.9 Å². The van der Waals surface area contributed by atoms with Gasteiger partial charge in [0, 0.05) is 6.20 Å². The average molecular weight is 280 g/mol. The highest BCUT2D eigenvalue weighted by atomic mass is 16.2. The van der Waals surface area contributed by atoms with Gasteiger partial charge >= 0.3 is 0 Å². The fourth-order valence-corrected chi connectivity index (χ4v) is 3.23. The summed E-state index contributed by atoms with van der Waals surface area (Å²) < 4.78 is 0. The minimum atomic E-state index is -0.351. The van der Waals surface area contributed by atoms with Gasteiger partial charge in [-0.3, -0.25) is 9.78 Å². The first kappa shape index (κ1) is 13.8. The fraction of sp³-hybridized carbons (Fsp3) is 0.333. The quantitative estimate of drug-likeness (QED) is 0.934. The topological polar surface area (TPSA) is 42.0 Å². The number of carbonyl (C=O) groups is 1. The van der Waals surface area contributed by atoms with Gasteiger partial charge in [-0.2, -0.15) is 0 Å². The largest absolute Gasteiger partial charge is 0.350 e. The molecule has 3 heteroatoms. The highest BCUT2D eigenvalue weighted by molar-refractivity contribution is 5.88. The van der Waals surface area contributed by atoms with Crippen molar-refractivity contribution < 1.29 is 4.79 Å². The van der Waals surface area contributed by atoms with E-state index in [1.165, 1.54) is 0 Å². The third-order valence-electron chi connectivity index (χ3n) is 4.37. The van der Waals surface area contributed by atoms with Crippen LogP contribution in [0.2, 0.25) is 0 Å². The first-order chi connectivity index (χ1) is 10.3. The van der Waals surface area contributed by atoms with E-state index in [1.54, 1.807) is 6.20 Å². The maximum atomic E-state index is 12.8. The van der Waals surface area contributed by atoms with Gasteiger partial charge in [-0.15, -0.1) is 0 Å². The fourth-order valence-electron chi connectivity index (χ4n) is 3.23. The maximum absolute atomic E-state index is 12.8. The lowest BCUT2D eigenvalue weighted by Gasteiger charge is -2.28. The summed E-state index contributed by atoms with van der Waals surface area (Å²) in [7, 11) is 0. The maximum Gasteiger partial charge on any atom is 0.230 e. The van der Waals surface area contributed by atoms with E-state index in [9.17, 15) is 4.79 Å². The van der Waals surface area contributed by atoms with Gasteiger partial charge in [0.2, 0.25) is 5.91 Å². The second-order valence-electron chi connectivity index (χ2n) is 5.66. The molecule has 1 amide bonds. The Morgan fingerprint density at radius 3 is 2.43 bits per heavy atom. The molecular weight excluding hydrogens is 260 g/mol. The third-order valence-corrected chi connectivity index (χ3v) is 4.37. The number of pyridine rings is 1. The molecular formula is C18H20N2O. The van der Waals surface area contributed by atoms with Crippen LogP contribution in [-0.2, 0) is 16.8 Å². The molecule has 21 heavy (non-hydrogen) atoms. The zero-order valence-electron chi connectivity index (χ0n) is 12.1. The zero-order chi connectivity index (χ0) is 14.5. The highest BCUT2D eigenvalue weighted by Crippen LogP contribution is 2.41. The van der Waals surface area contributed by atoms with E-state index in [1.807, 2.05) is 36.4 Å². The number of amides is 1. The molecule has 2 aromatic rings. The molecule has 1 saturated carbocycles. The molecule has 1 aliphatic carbocycles. The van der Waals surface area contributed by atoms with Crippen molar-refractivity contribution in [3.05, 3.63) is 66.0 Å². The number of carbonyl (C=O) groups excluding carboxylic acids is 1. The van der Waals surface area contributed by atoms with Crippen LogP contribution in [0.15, 0.2) is 54.7 Å². The minimum absolute atomic E-state index is 0.136. The van der Waals surface area contributed by atoms with Crippen molar-refractivity contribution in [3.63, 3.8) is 0 Å². The second kappa shape index (κ2) is 6.08. The standard InChI is InChI=1S/C18H20N2O/c21-17(20-14-16-10-4-7-13-19-16)18(11-5-6-12-18)15-8-2-1-3-9-15/h1-4,7-10,13H,5-6,11-12,14H2,(H,20,21). The van der Waals surface area contributed by atoms with Crippen molar-refractivity contribution in [2.75, 3.05) is 0 Å². The van der Waals surface area contributed by atoms with Gasteiger partial charge in [0.25, 0.3) is 0 Å². The van der Waals surface area contributed by atoms with Crippen LogP contribution in [0.3, 0.4) is 0 Å². The van der Waals surface area contributed by atoms with E-state index in [-0.39, 0.29) is 11.3 Å². The number of aromatic nitrogens is 1. The van der Waals surface area contributed by atoms with E-state index in [0.717, 1.165) is 36.9 Å². The number of nitrogens with one attached hydrogen (secondary N) is 1. The smallest absolute Gasteiger partial charge is 0.230 e. The van der Waals surface area contributed by atoms with Crippen LogP contribution in [0.4, 0.5) is 0 Å². The molecule has 1 heterocycles. The monoisotopic (exact) mass is 280 g/mol. The highest BCUT2D eigenvalue weighted by Gasteiger charge is 2.42. The van der Waals surface area contributed by atoms with Gasteiger partial charge in [-0.05, 0) is 30.5 Å². The van der Waals surface area contributed by atoms with Crippen LogP contribution < -0.4 is 5.32 Å². The van der Waals surface area contributed by atoms with E-state index < -0.39 is 0 Å². The Kier molecular flexibility index (Phi) is 4.00. The summed E-state index contributed by atoms with van der Waals surface area (Å²) in [4.78, 5) is 17.1. The Hall–Kier alpha value is -2.16. The summed E-state index contributed by atoms with van der Waals surface area (Å²) >= 11 is 0. The zero-order valence-corrected chi connectivity index (χ0v) is 12.1. The minimum Gasteiger partial charge on any atom is -0.350 e. The lowest BCUT2D eigenvalue weighted by molar-refractivity contribution is -0.126. The molecule has 0 unspecified atom stereocenters. The number of hydrogen-bond acceptors (Lipinski definition) is 2. The summed E-state index contributed by atoms with van der Waals surface area (Å²) in [6.07, 6.45) is 5.86. The van der Waals surface area contributed by atoms with E-state index in [4.69, 9.17) is 0 Å². The first-order valence-electron chi connectivity index (χ1n) is 7.55. The van der Waals surface area contributed by atoms with Crippen molar-refractivity contribution in [1.29, 1.82) is 0 Å². The van der Waals surface area contributed by atoms with Crippen LogP contribution in [0.25, 0.3) is 0 Å². The number of hydrogen-bond donors (Lipinski definition) is 1. The average Bonchev–Trinajstić information content (AvgIpc) is 3.05. The molecule has 3 rings (SSSR count). The number of nitrogens with zero attached hydrogens (tertiary/aromatic N) is 1. The Morgan fingerprint density at radius 2 is 1.76 bits per heavy atom. The summed E-state index contributed by atoms with van der Waals surface area (Å²) in [5.41, 5.74) is 1.68. The molecule has 1 aliphatic rings. The summed E-state index contributed by atoms with van der Waals surface area (Å²) in [6, 6.07) is 15.9. The summed E-state index contributed by atoms with van der Waals surface area (Å²) in [6.45, 7) is 0.494. The van der Waals surface area contributed by atoms with Crippen LogP contribution in [-0.4, -0.2) is 10.9 Å². The SMILES string of the molecule is O=C(NCc1ccccn1)C1(c2ccccc2)CCCC1. The molecule has 108 valence electrons. The summed E-state index contributed by atoms with van der Waals surface area (Å²) in [5.74, 6) is 0.136. The number of benzene rings is 1. The molecule has 0 aliphatic heterocycles. The lowest BCUT2D eigenvalue weighted by atomic mass is 9.78. The molecule has 0 bridgehead atoms. The Labute approximate surface area is 125 Å². The van der Waals surface area contributed by atoms with Crippen molar-refractivity contribution in [2.45, 2.75) is 37.6 Å². The summed E-state index contributed by atoms with van der Waals surface area (Å²) in [5, 5.41) is 3.08. The van der Waals surface area contributed by atoms with Crippen LogP contribution in [0, 0.1) is 0 Å². The predicted molar refractivity (Wildman–Crippen MR) is 82.7 cm³/mol. The predicted octanol–water partition coefficient (Wildman–Crippen LogP) is 3.21. The molecule has 1 aromatic heterocycles. The molecule has 0 spiro atoms. The molecule has 1 fully saturated rings. The molecule has 0 atom stereocenters. The Morgan fingerprint density at radius 1 is 1.05 bits per heavy atom. The Balaban J connectivity index is 1.77. The molecule has 1 aromatic carbocycles. The Bertz CT molecular complexity index is 589. The van der Waals surface area contributed by atoms with Crippen molar-refractivity contribution in [2.24, 2.45) is 0 Å². The third kappa shape index (κ3) is 2.82. The van der Waals surface area contributed by atoms with Gasteiger partial charge in [0.05, 0.1) is 17.7 Å². The first-order valence-corrected chi connectivity index (χ1v) is 7.55. The van der Waals surface area contributed by atoms with Gasteiger partial charge in [0.1, 0.15) is 0 Å². The lowest BCUT2D eigenvalue weighted by Crippen LogP contribution is -2.42. The number of rotatable bonds is 4. The van der Waals surface area contributed by atoms with Crippen LogP contribution >= 0.6 is 0 Å². The van der Waals surface area contributed by atoms with Gasteiger partial charge in [-0.25, -0.2) is 0 Å². The van der Waals surface area contributed by atoms with E-state index in [2.05, 4.69) is 22.4 Å². The van der Waals surface area contributed by atoms with Crippen molar-refractivity contribution >= 4 is 5.91 Å². The molecule has 1 N–H and O–H groups in total. The van der Waals surface area contributed by atoms with Crippen molar-refractivity contribution in [1.82, 2.24) is 10.3 Å². The van der Waals surface area contributed by atoms with Gasteiger partial charge in [0.15, 0.2) is 0 Å². The van der Waals surface area contributed by atoms with E-state index in [0.29, 0.717) is 6.54 Å².